The van der Waals surface area contributed by atoms with Gasteiger partial charge in [0.2, 0.25) is 0 Å². The SMILES string of the molecule is O=C(NC1CCSC1)N1CCC(C2OCCO2)CC1. The molecule has 3 fully saturated rings. The zero-order valence-corrected chi connectivity index (χ0v) is 12.0. The number of piperidine rings is 1. The number of thioether (sulfide) groups is 1. The number of carbonyl (C=O) groups excluding carboxylic acids is 1. The highest BCUT2D eigenvalue weighted by molar-refractivity contribution is 7.99. The normalized spacial score (nSPS) is 29.9. The van der Waals surface area contributed by atoms with E-state index in [1.807, 2.05) is 16.7 Å². The summed E-state index contributed by atoms with van der Waals surface area (Å²) in [5.74, 6) is 2.68. The quantitative estimate of drug-likeness (QED) is 0.831. The summed E-state index contributed by atoms with van der Waals surface area (Å²) in [5, 5.41) is 3.14. The minimum atomic E-state index is -0.0311. The first-order valence-corrected chi connectivity index (χ1v) is 8.35. The number of hydrogen-bond donors (Lipinski definition) is 1. The van der Waals surface area contributed by atoms with E-state index in [9.17, 15) is 4.79 Å². The number of hydrogen-bond acceptors (Lipinski definition) is 4. The summed E-state index contributed by atoms with van der Waals surface area (Å²) in [6.45, 7) is 3.06. The molecule has 3 aliphatic heterocycles. The maximum absolute atomic E-state index is 12.1. The van der Waals surface area contributed by atoms with E-state index in [0.29, 0.717) is 25.2 Å². The highest BCUT2D eigenvalue weighted by atomic mass is 32.2. The van der Waals surface area contributed by atoms with Crippen LogP contribution in [0.3, 0.4) is 0 Å². The molecule has 1 unspecified atom stereocenters. The molecule has 108 valence electrons. The van der Waals surface area contributed by atoms with Crippen LogP contribution in [0.15, 0.2) is 0 Å². The zero-order valence-electron chi connectivity index (χ0n) is 11.2. The Bertz CT molecular complexity index is 309. The lowest BCUT2D eigenvalue weighted by molar-refractivity contribution is -0.0952. The highest BCUT2D eigenvalue weighted by Gasteiger charge is 2.32. The van der Waals surface area contributed by atoms with Gasteiger partial charge in [0.25, 0.3) is 0 Å². The van der Waals surface area contributed by atoms with Crippen molar-refractivity contribution >= 4 is 17.8 Å². The minimum Gasteiger partial charge on any atom is -0.350 e. The Balaban J connectivity index is 1.42. The number of urea groups is 1. The molecule has 1 atom stereocenters. The van der Waals surface area contributed by atoms with Crippen LogP contribution in [0.5, 0.6) is 0 Å². The third kappa shape index (κ3) is 3.35. The van der Waals surface area contributed by atoms with E-state index in [0.717, 1.165) is 38.1 Å². The molecule has 0 saturated carbocycles. The van der Waals surface area contributed by atoms with Crippen molar-refractivity contribution < 1.29 is 14.3 Å². The first kappa shape index (κ1) is 13.5. The molecular weight excluding hydrogens is 264 g/mol. The monoisotopic (exact) mass is 286 g/mol. The van der Waals surface area contributed by atoms with Crippen LogP contribution in [0.25, 0.3) is 0 Å². The second-order valence-electron chi connectivity index (χ2n) is 5.44. The number of rotatable bonds is 2. The Morgan fingerprint density at radius 3 is 2.53 bits per heavy atom. The van der Waals surface area contributed by atoms with Gasteiger partial charge in [-0.2, -0.15) is 11.8 Å². The maximum atomic E-state index is 12.1. The number of amides is 2. The van der Waals surface area contributed by atoms with Crippen molar-refractivity contribution in [1.82, 2.24) is 10.2 Å². The first-order chi connectivity index (χ1) is 9.33. The van der Waals surface area contributed by atoms with E-state index in [-0.39, 0.29) is 12.3 Å². The van der Waals surface area contributed by atoms with Gasteiger partial charge < -0.3 is 19.7 Å². The van der Waals surface area contributed by atoms with Crippen molar-refractivity contribution in [1.29, 1.82) is 0 Å². The first-order valence-electron chi connectivity index (χ1n) is 7.19. The van der Waals surface area contributed by atoms with Crippen LogP contribution < -0.4 is 5.32 Å². The third-order valence-electron chi connectivity index (χ3n) is 4.12. The van der Waals surface area contributed by atoms with Crippen molar-refractivity contribution in [2.75, 3.05) is 37.8 Å². The van der Waals surface area contributed by atoms with E-state index in [2.05, 4.69) is 5.32 Å². The molecule has 1 N–H and O–H groups in total. The van der Waals surface area contributed by atoms with E-state index in [4.69, 9.17) is 9.47 Å². The molecule has 0 aromatic heterocycles. The number of likely N-dealkylation sites (tertiary alicyclic amines) is 1. The van der Waals surface area contributed by atoms with Gasteiger partial charge in [-0.1, -0.05) is 0 Å². The number of nitrogens with zero attached hydrogens (tertiary/aromatic N) is 1. The fourth-order valence-electron chi connectivity index (χ4n) is 2.94. The van der Waals surface area contributed by atoms with Crippen molar-refractivity contribution in [2.24, 2.45) is 5.92 Å². The molecule has 3 aliphatic rings. The van der Waals surface area contributed by atoms with Crippen LogP contribution in [0.2, 0.25) is 0 Å². The lowest BCUT2D eigenvalue weighted by Crippen LogP contribution is -2.49. The van der Waals surface area contributed by atoms with Crippen LogP contribution in [-0.4, -0.2) is 61.1 Å². The topological polar surface area (TPSA) is 50.8 Å². The lowest BCUT2D eigenvalue weighted by Gasteiger charge is -2.34. The number of nitrogens with one attached hydrogen (secondary N) is 1. The summed E-state index contributed by atoms with van der Waals surface area (Å²) < 4.78 is 11.1. The van der Waals surface area contributed by atoms with Crippen LogP contribution in [-0.2, 0) is 9.47 Å². The molecule has 5 nitrogen and oxygen atoms in total. The minimum absolute atomic E-state index is 0.0311. The second kappa shape index (κ2) is 6.33. The summed E-state index contributed by atoms with van der Waals surface area (Å²) in [7, 11) is 0. The fraction of sp³-hybridized carbons (Fsp3) is 0.923. The van der Waals surface area contributed by atoms with E-state index >= 15 is 0 Å². The fourth-order valence-corrected chi connectivity index (χ4v) is 4.09. The van der Waals surface area contributed by atoms with Gasteiger partial charge in [-0.3, -0.25) is 0 Å². The predicted octanol–water partition coefficient (Wildman–Crippen LogP) is 1.29. The molecule has 3 rings (SSSR count). The Hall–Kier alpha value is -0.460. The second-order valence-corrected chi connectivity index (χ2v) is 6.59. The molecule has 6 heteroatoms. The molecule has 0 radical (unpaired) electrons. The van der Waals surface area contributed by atoms with Gasteiger partial charge in [0.1, 0.15) is 0 Å². The van der Waals surface area contributed by atoms with Gasteiger partial charge in [0, 0.05) is 30.8 Å². The largest absolute Gasteiger partial charge is 0.350 e. The standard InChI is InChI=1S/C13H22N2O3S/c16-13(14-11-3-8-19-9-11)15-4-1-10(2-5-15)12-17-6-7-18-12/h10-12H,1-9H2,(H,14,16). The molecule has 0 spiro atoms. The summed E-state index contributed by atoms with van der Waals surface area (Å²) in [4.78, 5) is 14.1. The van der Waals surface area contributed by atoms with Crippen molar-refractivity contribution in [2.45, 2.75) is 31.6 Å². The molecular formula is C13H22N2O3S. The molecule has 0 aromatic carbocycles. The third-order valence-corrected chi connectivity index (χ3v) is 5.28. The van der Waals surface area contributed by atoms with Crippen molar-refractivity contribution in [3.8, 4) is 0 Å². The van der Waals surface area contributed by atoms with Crippen molar-refractivity contribution in [3.05, 3.63) is 0 Å². The van der Waals surface area contributed by atoms with Crippen LogP contribution in [0.4, 0.5) is 4.79 Å². The predicted molar refractivity (Wildman–Crippen MR) is 74.3 cm³/mol. The smallest absolute Gasteiger partial charge is 0.317 e. The number of ether oxygens (including phenoxy) is 2. The van der Waals surface area contributed by atoms with Crippen LogP contribution in [0, 0.1) is 5.92 Å². The number of carbonyl (C=O) groups is 1. The maximum Gasteiger partial charge on any atom is 0.317 e. The van der Waals surface area contributed by atoms with Crippen molar-refractivity contribution in [3.63, 3.8) is 0 Å². The van der Waals surface area contributed by atoms with Crippen LogP contribution >= 0.6 is 11.8 Å². The van der Waals surface area contributed by atoms with Crippen LogP contribution in [0.1, 0.15) is 19.3 Å². The van der Waals surface area contributed by atoms with Gasteiger partial charge in [-0.25, -0.2) is 4.79 Å². The highest BCUT2D eigenvalue weighted by Crippen LogP contribution is 2.26. The summed E-state index contributed by atoms with van der Waals surface area (Å²) in [6, 6.07) is 0.482. The van der Waals surface area contributed by atoms with Gasteiger partial charge in [-0.05, 0) is 25.0 Å². The van der Waals surface area contributed by atoms with Gasteiger partial charge in [0.15, 0.2) is 6.29 Å². The Morgan fingerprint density at radius 2 is 1.89 bits per heavy atom. The van der Waals surface area contributed by atoms with E-state index < -0.39 is 0 Å². The Kier molecular flexibility index (Phi) is 4.50. The van der Waals surface area contributed by atoms with Gasteiger partial charge in [0.05, 0.1) is 13.2 Å². The zero-order chi connectivity index (χ0) is 13.1. The average Bonchev–Trinajstić information content (AvgIpc) is 3.12. The van der Waals surface area contributed by atoms with Gasteiger partial charge in [-0.15, -0.1) is 0 Å². The summed E-state index contributed by atoms with van der Waals surface area (Å²) >= 11 is 1.92. The molecule has 0 aromatic rings. The molecule has 0 bridgehead atoms. The Morgan fingerprint density at radius 1 is 1.16 bits per heavy atom. The Labute approximate surface area is 118 Å². The molecule has 19 heavy (non-hydrogen) atoms. The summed E-state index contributed by atoms with van der Waals surface area (Å²) in [6.07, 6.45) is 3.04. The molecule has 3 heterocycles. The molecule has 3 saturated heterocycles. The van der Waals surface area contributed by atoms with Gasteiger partial charge >= 0.3 is 6.03 Å². The van der Waals surface area contributed by atoms with E-state index in [1.165, 1.54) is 5.75 Å². The summed E-state index contributed by atoms with van der Waals surface area (Å²) in [5.41, 5.74) is 0. The lowest BCUT2D eigenvalue weighted by atomic mass is 9.96. The molecule has 2 amide bonds. The average molecular weight is 286 g/mol. The van der Waals surface area contributed by atoms with E-state index in [1.54, 1.807) is 0 Å². The molecule has 0 aliphatic carbocycles.